The summed E-state index contributed by atoms with van der Waals surface area (Å²) < 4.78 is 0. The second-order valence-corrected chi connectivity index (χ2v) is 8.34. The lowest BCUT2D eigenvalue weighted by Crippen LogP contribution is -2.27. The highest BCUT2D eigenvalue weighted by atomic mass is 32.2. The topological polar surface area (TPSA) is 37.8 Å². The first-order valence-corrected chi connectivity index (χ1v) is 10.3. The van der Waals surface area contributed by atoms with Crippen LogP contribution in [0.5, 0.6) is 0 Å². The Morgan fingerprint density at radius 1 is 1.29 bits per heavy atom. The Bertz CT molecular complexity index is 481. The highest BCUT2D eigenvalue weighted by Crippen LogP contribution is 2.43. The molecule has 0 saturated carbocycles. The molecule has 1 aliphatic carbocycles. The average molecular weight is 324 g/mol. The molecule has 0 spiro atoms. The van der Waals surface area contributed by atoms with E-state index in [2.05, 4.69) is 37.1 Å². The van der Waals surface area contributed by atoms with Crippen molar-refractivity contribution in [3.05, 3.63) is 23.3 Å². The first-order chi connectivity index (χ1) is 10.3. The minimum atomic E-state index is 0.461. The molecule has 0 radical (unpaired) electrons. The molecule has 3 unspecified atom stereocenters. The lowest BCUT2D eigenvalue weighted by molar-refractivity contribution is 0.462. The van der Waals surface area contributed by atoms with Crippen molar-refractivity contribution in [1.29, 1.82) is 0 Å². The summed E-state index contributed by atoms with van der Waals surface area (Å²) in [4.78, 5) is 9.74. The molecular formula is C16H25N3S2. The molecule has 0 amide bonds. The van der Waals surface area contributed by atoms with E-state index in [9.17, 15) is 0 Å². The molecule has 1 N–H and O–H groups in total. The molecule has 1 aromatic heterocycles. The Morgan fingerprint density at radius 2 is 2.14 bits per heavy atom. The first kappa shape index (κ1) is 15.6. The van der Waals surface area contributed by atoms with Gasteiger partial charge in [0, 0.05) is 40.3 Å². The van der Waals surface area contributed by atoms with E-state index in [1.807, 2.05) is 11.8 Å². The SMILES string of the molecule is CCNC1CCCc2nc(C3SCCSC3CC)ncc21. The third-order valence-corrected chi connectivity index (χ3v) is 7.60. The van der Waals surface area contributed by atoms with Crippen LogP contribution in [0, 0.1) is 0 Å². The van der Waals surface area contributed by atoms with Crippen LogP contribution in [0.15, 0.2) is 6.20 Å². The van der Waals surface area contributed by atoms with Crippen LogP contribution in [0.1, 0.15) is 61.5 Å². The van der Waals surface area contributed by atoms with Crippen molar-refractivity contribution < 1.29 is 0 Å². The monoisotopic (exact) mass is 323 g/mol. The van der Waals surface area contributed by atoms with Gasteiger partial charge in [-0.05, 0) is 32.2 Å². The van der Waals surface area contributed by atoms with Gasteiger partial charge < -0.3 is 5.32 Å². The Labute approximate surface area is 136 Å². The van der Waals surface area contributed by atoms with Crippen molar-refractivity contribution in [2.45, 2.75) is 56.1 Å². The summed E-state index contributed by atoms with van der Waals surface area (Å²) in [6, 6.07) is 0.461. The minimum absolute atomic E-state index is 0.461. The van der Waals surface area contributed by atoms with Crippen molar-refractivity contribution in [2.24, 2.45) is 0 Å². The van der Waals surface area contributed by atoms with Crippen LogP contribution < -0.4 is 5.32 Å². The van der Waals surface area contributed by atoms with E-state index in [1.54, 1.807) is 0 Å². The molecule has 5 heteroatoms. The Kier molecular flexibility index (Phi) is 5.46. The summed E-state index contributed by atoms with van der Waals surface area (Å²) in [5.74, 6) is 3.58. The molecule has 3 rings (SSSR count). The minimum Gasteiger partial charge on any atom is -0.310 e. The number of thioether (sulfide) groups is 2. The predicted molar refractivity (Wildman–Crippen MR) is 93.1 cm³/mol. The maximum atomic E-state index is 4.98. The predicted octanol–water partition coefficient (Wildman–Crippen LogP) is 3.76. The first-order valence-electron chi connectivity index (χ1n) is 8.15. The van der Waals surface area contributed by atoms with Crippen molar-refractivity contribution in [3.63, 3.8) is 0 Å². The number of rotatable bonds is 4. The maximum absolute atomic E-state index is 4.98. The van der Waals surface area contributed by atoms with Gasteiger partial charge in [-0.1, -0.05) is 13.8 Å². The fraction of sp³-hybridized carbons (Fsp3) is 0.750. The van der Waals surface area contributed by atoms with Crippen molar-refractivity contribution in [1.82, 2.24) is 15.3 Å². The number of nitrogens with zero attached hydrogens (tertiary/aromatic N) is 2. The van der Waals surface area contributed by atoms with Gasteiger partial charge in [0.25, 0.3) is 0 Å². The molecular weight excluding hydrogens is 298 g/mol. The molecule has 116 valence electrons. The van der Waals surface area contributed by atoms with Crippen molar-refractivity contribution in [2.75, 3.05) is 18.1 Å². The van der Waals surface area contributed by atoms with Gasteiger partial charge in [0.15, 0.2) is 0 Å². The molecule has 3 nitrogen and oxygen atoms in total. The smallest absolute Gasteiger partial charge is 0.142 e. The highest BCUT2D eigenvalue weighted by Gasteiger charge is 2.30. The number of aryl methyl sites for hydroxylation is 1. The lowest BCUT2D eigenvalue weighted by atomic mass is 9.92. The van der Waals surface area contributed by atoms with Gasteiger partial charge in [-0.2, -0.15) is 11.8 Å². The average Bonchev–Trinajstić information content (AvgIpc) is 2.55. The molecule has 1 fully saturated rings. The summed E-state index contributed by atoms with van der Waals surface area (Å²) in [6.45, 7) is 5.47. The highest BCUT2D eigenvalue weighted by molar-refractivity contribution is 8.06. The van der Waals surface area contributed by atoms with Crippen molar-refractivity contribution in [3.8, 4) is 0 Å². The fourth-order valence-corrected chi connectivity index (χ4v) is 6.30. The largest absolute Gasteiger partial charge is 0.310 e. The van der Waals surface area contributed by atoms with E-state index in [-0.39, 0.29) is 0 Å². The number of nitrogens with one attached hydrogen (secondary N) is 1. The number of hydrogen-bond acceptors (Lipinski definition) is 5. The van der Waals surface area contributed by atoms with Crippen LogP contribution in [0.2, 0.25) is 0 Å². The molecule has 0 aromatic carbocycles. The molecule has 1 aromatic rings. The molecule has 0 bridgehead atoms. The fourth-order valence-electron chi connectivity index (χ4n) is 3.30. The van der Waals surface area contributed by atoms with E-state index in [0.29, 0.717) is 16.5 Å². The zero-order valence-electron chi connectivity index (χ0n) is 13.0. The van der Waals surface area contributed by atoms with Gasteiger partial charge >= 0.3 is 0 Å². The molecule has 21 heavy (non-hydrogen) atoms. The number of aromatic nitrogens is 2. The van der Waals surface area contributed by atoms with E-state index < -0.39 is 0 Å². The molecule has 1 saturated heterocycles. The van der Waals surface area contributed by atoms with Crippen molar-refractivity contribution >= 4 is 23.5 Å². The summed E-state index contributed by atoms with van der Waals surface area (Å²) in [5, 5.41) is 4.73. The van der Waals surface area contributed by atoms with Gasteiger partial charge in [-0.15, -0.1) is 11.8 Å². The van der Waals surface area contributed by atoms with Gasteiger partial charge in [-0.25, -0.2) is 9.97 Å². The summed E-state index contributed by atoms with van der Waals surface area (Å²) in [6.07, 6.45) is 6.90. The Morgan fingerprint density at radius 3 is 2.95 bits per heavy atom. The summed E-state index contributed by atoms with van der Waals surface area (Å²) in [5.41, 5.74) is 2.64. The van der Waals surface area contributed by atoms with Crippen LogP contribution in [0.4, 0.5) is 0 Å². The zero-order chi connectivity index (χ0) is 14.7. The molecule has 2 heterocycles. The third-order valence-electron chi connectivity index (χ3n) is 4.36. The third kappa shape index (κ3) is 3.40. The van der Waals surface area contributed by atoms with E-state index in [4.69, 9.17) is 9.97 Å². The van der Waals surface area contributed by atoms with E-state index in [1.165, 1.54) is 42.0 Å². The normalized spacial score (nSPS) is 29.1. The quantitative estimate of drug-likeness (QED) is 0.913. The summed E-state index contributed by atoms with van der Waals surface area (Å²) >= 11 is 4.15. The molecule has 3 atom stereocenters. The lowest BCUT2D eigenvalue weighted by Gasteiger charge is -2.30. The van der Waals surface area contributed by atoms with E-state index >= 15 is 0 Å². The van der Waals surface area contributed by atoms with Crippen LogP contribution >= 0.6 is 23.5 Å². The Hall–Kier alpha value is -0.260. The van der Waals surface area contributed by atoms with Gasteiger partial charge in [-0.3, -0.25) is 0 Å². The Balaban J connectivity index is 1.85. The van der Waals surface area contributed by atoms with Gasteiger partial charge in [0.2, 0.25) is 0 Å². The number of hydrogen-bond donors (Lipinski definition) is 1. The summed E-state index contributed by atoms with van der Waals surface area (Å²) in [7, 11) is 0. The standard InChI is InChI=1S/C16H25N3S2/c1-3-14-15(21-9-8-20-14)16-18-10-11-12(17-4-2)6-5-7-13(11)19-16/h10,12,14-15,17H,3-9H2,1-2H3. The second kappa shape index (κ2) is 7.34. The maximum Gasteiger partial charge on any atom is 0.142 e. The molecule has 1 aliphatic heterocycles. The van der Waals surface area contributed by atoms with Crippen LogP contribution in [-0.2, 0) is 6.42 Å². The van der Waals surface area contributed by atoms with Gasteiger partial charge in [0.1, 0.15) is 5.82 Å². The molecule has 2 aliphatic rings. The number of fused-ring (bicyclic) bond motifs is 1. The second-order valence-electron chi connectivity index (χ2n) is 5.74. The van der Waals surface area contributed by atoms with E-state index in [0.717, 1.165) is 18.8 Å². The zero-order valence-corrected chi connectivity index (χ0v) is 14.6. The van der Waals surface area contributed by atoms with Crippen LogP contribution in [0.25, 0.3) is 0 Å². The van der Waals surface area contributed by atoms with Crippen LogP contribution in [0.3, 0.4) is 0 Å². The van der Waals surface area contributed by atoms with Crippen LogP contribution in [-0.4, -0.2) is 33.3 Å². The van der Waals surface area contributed by atoms with Gasteiger partial charge in [0.05, 0.1) is 5.25 Å².